The molecule has 3 nitrogen and oxygen atoms in total. The molecule has 1 amide bonds. The molecule has 0 aromatic heterocycles. The predicted molar refractivity (Wildman–Crippen MR) is 72.1 cm³/mol. The van der Waals surface area contributed by atoms with Crippen LogP contribution in [0.4, 0.5) is 0 Å². The maximum Gasteiger partial charge on any atom is 0.220 e. The minimum Gasteiger partial charge on any atom is -0.350 e. The molecule has 1 aromatic carbocycles. The van der Waals surface area contributed by atoms with Gasteiger partial charge in [0.2, 0.25) is 5.91 Å². The Morgan fingerprint density at radius 2 is 1.72 bits per heavy atom. The zero-order valence-corrected chi connectivity index (χ0v) is 11.3. The number of Topliss-reactive ketones (excluding diaryl/α,β-unsaturated/α-hetero) is 1. The van der Waals surface area contributed by atoms with E-state index in [-0.39, 0.29) is 23.7 Å². The molecule has 18 heavy (non-hydrogen) atoms. The van der Waals surface area contributed by atoms with E-state index in [0.29, 0.717) is 12.8 Å². The molecule has 0 aliphatic carbocycles. The molecule has 3 heteroatoms. The predicted octanol–water partition coefficient (Wildman–Crippen LogP) is 2.87. The number of nitrogens with one attached hydrogen (secondary N) is 1. The van der Waals surface area contributed by atoms with Crippen LogP contribution >= 0.6 is 0 Å². The van der Waals surface area contributed by atoms with E-state index in [1.165, 1.54) is 0 Å². The average molecular weight is 247 g/mol. The van der Waals surface area contributed by atoms with Crippen molar-refractivity contribution in [2.45, 2.75) is 39.7 Å². The highest BCUT2D eigenvalue weighted by Crippen LogP contribution is 2.13. The summed E-state index contributed by atoms with van der Waals surface area (Å²) in [5.74, 6) is 0.233. The van der Waals surface area contributed by atoms with Crippen molar-refractivity contribution in [3.63, 3.8) is 0 Å². The summed E-state index contributed by atoms with van der Waals surface area (Å²) in [7, 11) is 0. The normalized spacial score (nSPS) is 13.7. The minimum absolute atomic E-state index is 0.0000954. The molecule has 0 aliphatic heterocycles. The van der Waals surface area contributed by atoms with Gasteiger partial charge in [-0.15, -0.1) is 0 Å². The van der Waals surface area contributed by atoms with Crippen LogP contribution < -0.4 is 5.32 Å². The van der Waals surface area contributed by atoms with Gasteiger partial charge in [0.05, 0.1) is 6.04 Å². The summed E-state index contributed by atoms with van der Waals surface area (Å²) >= 11 is 0. The van der Waals surface area contributed by atoms with Gasteiger partial charge in [-0.25, -0.2) is 0 Å². The summed E-state index contributed by atoms with van der Waals surface area (Å²) in [6, 6.07) is 9.84. The van der Waals surface area contributed by atoms with Gasteiger partial charge >= 0.3 is 0 Å². The summed E-state index contributed by atoms with van der Waals surface area (Å²) in [4.78, 5) is 22.7. The summed E-state index contributed by atoms with van der Waals surface area (Å²) in [5, 5.41) is 2.95. The minimum atomic E-state index is 0.0000954. The molecular weight excluding hydrogens is 226 g/mol. The Kier molecular flexibility index (Phi) is 5.56. The largest absolute Gasteiger partial charge is 0.350 e. The van der Waals surface area contributed by atoms with E-state index in [1.807, 2.05) is 44.2 Å². The molecule has 0 heterocycles. The highest BCUT2D eigenvalue weighted by molar-refractivity contribution is 5.79. The fourth-order valence-corrected chi connectivity index (χ4v) is 2.00. The van der Waals surface area contributed by atoms with Crippen LogP contribution in [0.3, 0.4) is 0 Å². The third-order valence-electron chi connectivity index (χ3n) is 2.85. The molecule has 0 fully saturated rings. The molecule has 0 spiro atoms. The van der Waals surface area contributed by atoms with Crippen LogP contribution in [-0.4, -0.2) is 11.7 Å². The van der Waals surface area contributed by atoms with Gasteiger partial charge in [0.25, 0.3) is 0 Å². The van der Waals surface area contributed by atoms with Crippen LogP contribution in [0.5, 0.6) is 0 Å². The number of benzene rings is 1. The zero-order chi connectivity index (χ0) is 13.5. The van der Waals surface area contributed by atoms with Crippen LogP contribution in [0.1, 0.15) is 45.2 Å². The van der Waals surface area contributed by atoms with E-state index < -0.39 is 0 Å². The first-order valence-corrected chi connectivity index (χ1v) is 6.32. The van der Waals surface area contributed by atoms with Crippen molar-refractivity contribution in [2.75, 3.05) is 0 Å². The molecule has 1 aromatic rings. The molecule has 0 saturated heterocycles. The number of carbonyl (C=O) groups is 2. The number of hydrogen-bond donors (Lipinski definition) is 1. The molecule has 1 unspecified atom stereocenters. The quantitative estimate of drug-likeness (QED) is 0.840. The van der Waals surface area contributed by atoms with Crippen molar-refractivity contribution in [2.24, 2.45) is 5.92 Å². The maximum atomic E-state index is 11.8. The molecule has 1 rings (SSSR count). The fourth-order valence-electron chi connectivity index (χ4n) is 2.00. The topological polar surface area (TPSA) is 46.2 Å². The Bertz CT molecular complexity index is 400. The molecular formula is C15H21NO2. The lowest BCUT2D eigenvalue weighted by molar-refractivity contribution is -0.123. The van der Waals surface area contributed by atoms with Crippen molar-refractivity contribution < 1.29 is 9.59 Å². The molecule has 2 atom stereocenters. The van der Waals surface area contributed by atoms with E-state index in [4.69, 9.17) is 0 Å². The lowest BCUT2D eigenvalue weighted by atomic mass is 10.0. The first-order valence-electron chi connectivity index (χ1n) is 6.32. The van der Waals surface area contributed by atoms with Gasteiger partial charge < -0.3 is 10.1 Å². The van der Waals surface area contributed by atoms with Crippen LogP contribution in [0.2, 0.25) is 0 Å². The second-order valence-corrected chi connectivity index (χ2v) is 4.92. The van der Waals surface area contributed by atoms with Gasteiger partial charge in [0, 0.05) is 12.8 Å². The SMILES string of the molecule is CC(=O)CC(C)CC(=O)N[C@@H](C)c1ccccc1. The Morgan fingerprint density at radius 3 is 2.28 bits per heavy atom. The van der Waals surface area contributed by atoms with Gasteiger partial charge in [-0.3, -0.25) is 4.79 Å². The monoisotopic (exact) mass is 247 g/mol. The number of hydrogen-bond acceptors (Lipinski definition) is 2. The van der Waals surface area contributed by atoms with Gasteiger partial charge in [-0.05, 0) is 25.3 Å². The lowest BCUT2D eigenvalue weighted by Crippen LogP contribution is -2.28. The van der Waals surface area contributed by atoms with E-state index in [9.17, 15) is 9.59 Å². The Hall–Kier alpha value is -1.64. The Balaban J connectivity index is 2.43. The smallest absolute Gasteiger partial charge is 0.220 e. The standard InChI is InChI=1S/C15H21NO2/c1-11(9-12(2)17)10-15(18)16-13(3)14-7-5-4-6-8-14/h4-8,11,13H,9-10H2,1-3H3,(H,16,18)/t11?,13-/m0/s1. The average Bonchev–Trinajstić information content (AvgIpc) is 2.28. The summed E-state index contributed by atoms with van der Waals surface area (Å²) in [6.07, 6.45) is 0.865. The first kappa shape index (κ1) is 14.4. The summed E-state index contributed by atoms with van der Waals surface area (Å²) in [6.45, 7) is 5.44. The Morgan fingerprint density at radius 1 is 1.11 bits per heavy atom. The van der Waals surface area contributed by atoms with Gasteiger partial charge in [-0.2, -0.15) is 0 Å². The van der Waals surface area contributed by atoms with Gasteiger partial charge in [0.1, 0.15) is 5.78 Å². The number of amides is 1. The van der Waals surface area contributed by atoms with E-state index >= 15 is 0 Å². The van der Waals surface area contributed by atoms with E-state index in [1.54, 1.807) is 6.92 Å². The zero-order valence-electron chi connectivity index (χ0n) is 11.3. The molecule has 0 aliphatic rings. The van der Waals surface area contributed by atoms with Crippen LogP contribution in [0.15, 0.2) is 30.3 Å². The Labute approximate surface area is 109 Å². The lowest BCUT2D eigenvalue weighted by Gasteiger charge is -2.16. The van der Waals surface area contributed by atoms with Crippen molar-refractivity contribution in [3.8, 4) is 0 Å². The number of ketones is 1. The second kappa shape index (κ2) is 6.94. The highest BCUT2D eigenvalue weighted by Gasteiger charge is 2.13. The van der Waals surface area contributed by atoms with Crippen LogP contribution in [0.25, 0.3) is 0 Å². The third kappa shape index (κ3) is 5.13. The van der Waals surface area contributed by atoms with Crippen molar-refractivity contribution in [1.29, 1.82) is 0 Å². The van der Waals surface area contributed by atoms with Crippen molar-refractivity contribution in [3.05, 3.63) is 35.9 Å². The molecule has 0 radical (unpaired) electrons. The fraction of sp³-hybridized carbons (Fsp3) is 0.467. The molecule has 0 bridgehead atoms. The second-order valence-electron chi connectivity index (χ2n) is 4.92. The number of carbonyl (C=O) groups excluding carboxylic acids is 2. The van der Waals surface area contributed by atoms with Crippen molar-refractivity contribution in [1.82, 2.24) is 5.32 Å². The van der Waals surface area contributed by atoms with Crippen LogP contribution in [-0.2, 0) is 9.59 Å². The van der Waals surface area contributed by atoms with Crippen molar-refractivity contribution >= 4 is 11.7 Å². The van der Waals surface area contributed by atoms with Gasteiger partial charge in [0.15, 0.2) is 0 Å². The third-order valence-corrected chi connectivity index (χ3v) is 2.85. The number of rotatable bonds is 6. The summed E-state index contributed by atoms with van der Waals surface area (Å²) in [5.41, 5.74) is 1.09. The molecule has 1 N–H and O–H groups in total. The van der Waals surface area contributed by atoms with Gasteiger partial charge in [-0.1, -0.05) is 37.3 Å². The maximum absolute atomic E-state index is 11.8. The first-order chi connectivity index (χ1) is 8.49. The highest BCUT2D eigenvalue weighted by atomic mass is 16.1. The molecule has 98 valence electrons. The molecule has 0 saturated carbocycles. The van der Waals surface area contributed by atoms with E-state index in [0.717, 1.165) is 5.56 Å². The summed E-state index contributed by atoms with van der Waals surface area (Å²) < 4.78 is 0. The van der Waals surface area contributed by atoms with E-state index in [2.05, 4.69) is 5.32 Å². The van der Waals surface area contributed by atoms with Crippen LogP contribution in [0, 0.1) is 5.92 Å².